The van der Waals surface area contributed by atoms with Crippen LogP contribution in [0.5, 0.6) is 0 Å². The summed E-state index contributed by atoms with van der Waals surface area (Å²) in [4.78, 5) is 0. The van der Waals surface area contributed by atoms with Crippen LogP contribution >= 0.6 is 0 Å². The minimum absolute atomic E-state index is 0.544. The fourth-order valence-corrected chi connectivity index (χ4v) is 3.14. The summed E-state index contributed by atoms with van der Waals surface area (Å²) in [5, 5.41) is 3.78. The van der Waals surface area contributed by atoms with Crippen molar-refractivity contribution in [2.24, 2.45) is 11.8 Å². The lowest BCUT2D eigenvalue weighted by atomic mass is 9.81. The summed E-state index contributed by atoms with van der Waals surface area (Å²) in [5.41, 5.74) is 0. The van der Waals surface area contributed by atoms with Gasteiger partial charge in [0, 0.05) is 19.2 Å². The van der Waals surface area contributed by atoms with E-state index in [0.717, 1.165) is 24.5 Å². The zero-order chi connectivity index (χ0) is 12.7. The molecule has 0 aromatic heterocycles. The van der Waals surface area contributed by atoms with Crippen LogP contribution in [0.4, 0.5) is 0 Å². The maximum atomic E-state index is 5.27. The molecule has 0 heterocycles. The normalized spacial score (nSPS) is 27.4. The van der Waals surface area contributed by atoms with E-state index in [9.17, 15) is 0 Å². The molecule has 2 nitrogen and oxygen atoms in total. The fraction of sp³-hybridized carbons (Fsp3) is 1.00. The minimum Gasteiger partial charge on any atom is -0.383 e. The van der Waals surface area contributed by atoms with Crippen molar-refractivity contribution in [2.75, 3.05) is 13.7 Å². The molecule has 0 aromatic rings. The van der Waals surface area contributed by atoms with E-state index < -0.39 is 0 Å². The number of hydrogen-bond acceptors (Lipinski definition) is 2. The highest BCUT2D eigenvalue weighted by Gasteiger charge is 2.23. The minimum atomic E-state index is 0.544. The van der Waals surface area contributed by atoms with Gasteiger partial charge in [-0.15, -0.1) is 0 Å². The van der Waals surface area contributed by atoms with Crippen LogP contribution in [-0.2, 0) is 4.74 Å². The zero-order valence-corrected chi connectivity index (χ0v) is 12.2. The van der Waals surface area contributed by atoms with Crippen molar-refractivity contribution in [2.45, 2.75) is 71.4 Å². The molecule has 1 rings (SSSR count). The monoisotopic (exact) mass is 241 g/mol. The first-order valence-electron chi connectivity index (χ1n) is 7.40. The summed E-state index contributed by atoms with van der Waals surface area (Å²) in [6, 6.07) is 1.27. The van der Waals surface area contributed by atoms with Gasteiger partial charge in [-0.3, -0.25) is 0 Å². The molecule has 0 aromatic carbocycles. The van der Waals surface area contributed by atoms with Crippen LogP contribution in [0.25, 0.3) is 0 Å². The predicted molar refractivity (Wildman–Crippen MR) is 74.3 cm³/mol. The van der Waals surface area contributed by atoms with E-state index >= 15 is 0 Å². The molecule has 1 fully saturated rings. The highest BCUT2D eigenvalue weighted by atomic mass is 16.5. The Kier molecular flexibility index (Phi) is 7.14. The Morgan fingerprint density at radius 1 is 1.29 bits per heavy atom. The van der Waals surface area contributed by atoms with E-state index in [1.807, 2.05) is 0 Å². The predicted octanol–water partition coefficient (Wildman–Crippen LogP) is 3.61. The maximum Gasteiger partial charge on any atom is 0.0615 e. The van der Waals surface area contributed by atoms with Gasteiger partial charge >= 0.3 is 0 Å². The van der Waals surface area contributed by atoms with Crippen molar-refractivity contribution in [3.8, 4) is 0 Å². The van der Waals surface area contributed by atoms with Crippen LogP contribution in [0.3, 0.4) is 0 Å². The second-order valence-electron chi connectivity index (χ2n) is 6.09. The van der Waals surface area contributed by atoms with Gasteiger partial charge in [-0.1, -0.05) is 33.6 Å². The smallest absolute Gasteiger partial charge is 0.0615 e. The van der Waals surface area contributed by atoms with Gasteiger partial charge in [-0.25, -0.2) is 0 Å². The summed E-state index contributed by atoms with van der Waals surface area (Å²) in [7, 11) is 1.80. The van der Waals surface area contributed by atoms with E-state index in [-0.39, 0.29) is 0 Å². The molecular formula is C15H31NO. The Balaban J connectivity index is 2.32. The molecule has 0 bridgehead atoms. The molecule has 1 N–H and O–H groups in total. The van der Waals surface area contributed by atoms with Gasteiger partial charge in [-0.2, -0.15) is 0 Å². The molecule has 1 aliphatic carbocycles. The molecule has 1 saturated carbocycles. The molecule has 0 spiro atoms. The van der Waals surface area contributed by atoms with Crippen LogP contribution < -0.4 is 5.32 Å². The molecule has 17 heavy (non-hydrogen) atoms. The van der Waals surface area contributed by atoms with Crippen molar-refractivity contribution in [1.29, 1.82) is 0 Å². The quantitative estimate of drug-likeness (QED) is 0.735. The van der Waals surface area contributed by atoms with Crippen LogP contribution in [0, 0.1) is 11.8 Å². The lowest BCUT2D eigenvalue weighted by molar-refractivity contribution is 0.146. The van der Waals surface area contributed by atoms with Crippen molar-refractivity contribution in [3.63, 3.8) is 0 Å². The van der Waals surface area contributed by atoms with Gasteiger partial charge < -0.3 is 10.1 Å². The third-order valence-electron chi connectivity index (χ3n) is 3.92. The molecule has 3 atom stereocenters. The summed E-state index contributed by atoms with van der Waals surface area (Å²) in [6.45, 7) is 7.78. The van der Waals surface area contributed by atoms with E-state index in [0.29, 0.717) is 6.04 Å². The Morgan fingerprint density at radius 3 is 2.65 bits per heavy atom. The molecule has 1 aliphatic rings. The van der Waals surface area contributed by atoms with Gasteiger partial charge in [0.1, 0.15) is 0 Å². The van der Waals surface area contributed by atoms with Gasteiger partial charge in [-0.05, 0) is 37.5 Å². The SMILES string of the molecule is CCC(COC)NC1CCCC(CC(C)C)C1. The Labute approximate surface area is 108 Å². The Morgan fingerprint density at radius 2 is 2.06 bits per heavy atom. The summed E-state index contributed by atoms with van der Waals surface area (Å²) >= 11 is 0. The summed E-state index contributed by atoms with van der Waals surface area (Å²) in [5.74, 6) is 1.79. The van der Waals surface area contributed by atoms with Crippen molar-refractivity contribution in [3.05, 3.63) is 0 Å². The van der Waals surface area contributed by atoms with Crippen LogP contribution in [-0.4, -0.2) is 25.8 Å². The third kappa shape index (κ3) is 5.87. The molecular weight excluding hydrogens is 210 g/mol. The first-order chi connectivity index (χ1) is 8.15. The molecule has 2 heteroatoms. The van der Waals surface area contributed by atoms with E-state index in [4.69, 9.17) is 4.74 Å². The molecule has 0 saturated heterocycles. The average molecular weight is 241 g/mol. The van der Waals surface area contributed by atoms with Crippen molar-refractivity contribution in [1.82, 2.24) is 5.32 Å². The average Bonchev–Trinajstić information content (AvgIpc) is 2.28. The summed E-state index contributed by atoms with van der Waals surface area (Å²) in [6.07, 6.45) is 8.14. The molecule has 0 aliphatic heterocycles. The van der Waals surface area contributed by atoms with Gasteiger partial charge in [0.15, 0.2) is 0 Å². The zero-order valence-electron chi connectivity index (χ0n) is 12.2. The molecule has 0 radical (unpaired) electrons. The standard InChI is InChI=1S/C15H31NO/c1-5-14(11-17-4)16-15-8-6-7-13(10-15)9-12(2)3/h12-16H,5-11H2,1-4H3. The topological polar surface area (TPSA) is 21.3 Å². The van der Waals surface area contributed by atoms with Gasteiger partial charge in [0.25, 0.3) is 0 Å². The van der Waals surface area contributed by atoms with E-state index in [2.05, 4.69) is 26.1 Å². The van der Waals surface area contributed by atoms with Crippen molar-refractivity contribution < 1.29 is 4.74 Å². The largest absolute Gasteiger partial charge is 0.383 e. The molecule has 3 unspecified atom stereocenters. The second-order valence-corrected chi connectivity index (χ2v) is 6.09. The second kappa shape index (κ2) is 8.10. The van der Waals surface area contributed by atoms with Crippen LogP contribution in [0.2, 0.25) is 0 Å². The van der Waals surface area contributed by atoms with E-state index in [1.165, 1.54) is 38.5 Å². The number of ether oxygens (including phenoxy) is 1. The Bertz CT molecular complexity index is 193. The highest BCUT2D eigenvalue weighted by molar-refractivity contribution is 4.81. The summed E-state index contributed by atoms with van der Waals surface area (Å²) < 4.78 is 5.27. The van der Waals surface area contributed by atoms with E-state index in [1.54, 1.807) is 7.11 Å². The lowest BCUT2D eigenvalue weighted by Crippen LogP contribution is -2.43. The number of nitrogens with one attached hydrogen (secondary N) is 1. The first-order valence-corrected chi connectivity index (χ1v) is 7.40. The first kappa shape index (κ1) is 15.0. The maximum absolute atomic E-state index is 5.27. The van der Waals surface area contributed by atoms with Gasteiger partial charge in [0.2, 0.25) is 0 Å². The highest BCUT2D eigenvalue weighted by Crippen LogP contribution is 2.29. The van der Waals surface area contributed by atoms with Crippen LogP contribution in [0.1, 0.15) is 59.3 Å². The van der Waals surface area contributed by atoms with Crippen molar-refractivity contribution >= 4 is 0 Å². The fourth-order valence-electron chi connectivity index (χ4n) is 3.14. The molecule has 102 valence electrons. The van der Waals surface area contributed by atoms with Gasteiger partial charge in [0.05, 0.1) is 6.61 Å². The molecule has 0 amide bonds. The lowest BCUT2D eigenvalue weighted by Gasteiger charge is -2.33. The number of methoxy groups -OCH3 is 1. The number of hydrogen-bond donors (Lipinski definition) is 1. The Hall–Kier alpha value is -0.0800. The van der Waals surface area contributed by atoms with Crippen LogP contribution in [0.15, 0.2) is 0 Å². The number of rotatable bonds is 7. The third-order valence-corrected chi connectivity index (χ3v) is 3.92.